The summed E-state index contributed by atoms with van der Waals surface area (Å²) in [6.07, 6.45) is 6.72. The topological polar surface area (TPSA) is 64.6 Å². The largest absolute Gasteiger partial charge is 0.486 e. The van der Waals surface area contributed by atoms with Gasteiger partial charge in [0.15, 0.2) is 11.5 Å². The first-order valence-corrected chi connectivity index (χ1v) is 12.6. The third-order valence-electron chi connectivity index (χ3n) is 6.34. The summed E-state index contributed by atoms with van der Waals surface area (Å²) in [7, 11) is 0. The Kier molecular flexibility index (Phi) is 9.14. The standard InChI is InChI=1S/C29H39NO4/c1-5-6-7-11-22(23-12-8-13-26-28(23)34-18-17-33-26)20-27(32)30-25-19-21(10-9-16-31)14-15-24(25)29(2,3)4/h8,12-16,19,22H,5-7,9-11,17-18,20H2,1-4H3,(H,30,32). The zero-order chi connectivity index (χ0) is 24.6. The van der Waals surface area contributed by atoms with E-state index in [1.165, 1.54) is 0 Å². The highest BCUT2D eigenvalue weighted by molar-refractivity contribution is 5.92. The minimum atomic E-state index is -0.115. The van der Waals surface area contributed by atoms with Gasteiger partial charge in [-0.2, -0.15) is 0 Å². The Morgan fingerprint density at radius 1 is 1.12 bits per heavy atom. The molecule has 0 saturated heterocycles. The fraction of sp³-hybridized carbons (Fsp3) is 0.517. The number of carbonyl (C=O) groups is 2. The number of hydrogen-bond donors (Lipinski definition) is 1. The van der Waals surface area contributed by atoms with Gasteiger partial charge in [0, 0.05) is 24.1 Å². The molecule has 1 aliphatic heterocycles. The summed E-state index contributed by atoms with van der Waals surface area (Å²) in [5, 5.41) is 3.21. The summed E-state index contributed by atoms with van der Waals surface area (Å²) in [5.41, 5.74) is 3.92. The summed E-state index contributed by atoms with van der Waals surface area (Å²) in [4.78, 5) is 24.2. The van der Waals surface area contributed by atoms with E-state index in [0.29, 0.717) is 32.5 Å². The van der Waals surface area contributed by atoms with E-state index in [4.69, 9.17) is 9.47 Å². The van der Waals surface area contributed by atoms with Crippen LogP contribution < -0.4 is 14.8 Å². The molecule has 1 unspecified atom stereocenters. The molecule has 1 aliphatic rings. The number of para-hydroxylation sites is 1. The minimum absolute atomic E-state index is 0.00568. The van der Waals surface area contributed by atoms with Crippen molar-refractivity contribution in [2.75, 3.05) is 18.5 Å². The predicted octanol–water partition coefficient (Wildman–Crippen LogP) is 6.58. The molecule has 0 bridgehead atoms. The molecule has 0 aromatic heterocycles. The van der Waals surface area contributed by atoms with Crippen LogP contribution in [-0.4, -0.2) is 25.4 Å². The number of nitrogens with one attached hydrogen (secondary N) is 1. The minimum Gasteiger partial charge on any atom is -0.486 e. The SMILES string of the molecule is CCCCCC(CC(=O)Nc1cc(CCC=O)ccc1C(C)(C)C)c1cccc2c1OCCO2. The van der Waals surface area contributed by atoms with E-state index in [-0.39, 0.29) is 17.2 Å². The van der Waals surface area contributed by atoms with Crippen molar-refractivity contribution in [1.82, 2.24) is 0 Å². The van der Waals surface area contributed by atoms with E-state index in [9.17, 15) is 9.59 Å². The molecular weight excluding hydrogens is 426 g/mol. The molecule has 5 nitrogen and oxygen atoms in total. The molecule has 0 fully saturated rings. The molecule has 1 atom stereocenters. The molecule has 1 N–H and O–H groups in total. The molecular formula is C29H39NO4. The Morgan fingerprint density at radius 2 is 1.91 bits per heavy atom. The Balaban J connectivity index is 1.84. The Bertz CT molecular complexity index is 977. The van der Waals surface area contributed by atoms with Crippen LogP contribution in [0, 0.1) is 0 Å². The van der Waals surface area contributed by atoms with Crippen molar-refractivity contribution in [3.05, 3.63) is 53.1 Å². The van der Waals surface area contributed by atoms with Gasteiger partial charge in [-0.05, 0) is 47.4 Å². The summed E-state index contributed by atoms with van der Waals surface area (Å²) in [6.45, 7) is 9.70. The third kappa shape index (κ3) is 6.85. The van der Waals surface area contributed by atoms with Crippen LogP contribution >= 0.6 is 0 Å². The van der Waals surface area contributed by atoms with Crippen LogP contribution in [0.4, 0.5) is 5.69 Å². The second kappa shape index (κ2) is 12.0. The first kappa shape index (κ1) is 25.8. The lowest BCUT2D eigenvalue weighted by Crippen LogP contribution is -2.22. The quantitative estimate of drug-likeness (QED) is 0.301. The zero-order valence-electron chi connectivity index (χ0n) is 21.1. The summed E-state index contributed by atoms with van der Waals surface area (Å²) < 4.78 is 11.8. The maximum absolute atomic E-state index is 13.4. The lowest BCUT2D eigenvalue weighted by molar-refractivity contribution is -0.116. The van der Waals surface area contributed by atoms with Gasteiger partial charge >= 0.3 is 0 Å². The monoisotopic (exact) mass is 465 g/mol. The molecule has 0 radical (unpaired) electrons. The van der Waals surface area contributed by atoms with Crippen molar-refractivity contribution in [1.29, 1.82) is 0 Å². The van der Waals surface area contributed by atoms with Crippen molar-refractivity contribution in [2.24, 2.45) is 0 Å². The van der Waals surface area contributed by atoms with Gasteiger partial charge in [0.05, 0.1) is 0 Å². The van der Waals surface area contributed by atoms with Gasteiger partial charge in [-0.3, -0.25) is 4.79 Å². The zero-order valence-corrected chi connectivity index (χ0v) is 21.1. The van der Waals surface area contributed by atoms with Crippen LogP contribution in [0.15, 0.2) is 36.4 Å². The van der Waals surface area contributed by atoms with Crippen molar-refractivity contribution in [3.8, 4) is 11.5 Å². The predicted molar refractivity (Wildman–Crippen MR) is 137 cm³/mol. The van der Waals surface area contributed by atoms with E-state index in [1.807, 2.05) is 18.2 Å². The molecule has 3 rings (SSSR count). The highest BCUT2D eigenvalue weighted by Gasteiger charge is 2.25. The van der Waals surface area contributed by atoms with E-state index < -0.39 is 0 Å². The number of amides is 1. The van der Waals surface area contributed by atoms with Crippen LogP contribution in [0.2, 0.25) is 0 Å². The van der Waals surface area contributed by atoms with Gasteiger partial charge in [0.2, 0.25) is 5.91 Å². The van der Waals surface area contributed by atoms with E-state index in [1.54, 1.807) is 0 Å². The number of benzene rings is 2. The fourth-order valence-corrected chi connectivity index (χ4v) is 4.58. The maximum Gasteiger partial charge on any atom is 0.224 e. The van der Waals surface area contributed by atoms with Crippen LogP contribution in [0.5, 0.6) is 11.5 Å². The number of carbonyl (C=O) groups excluding carboxylic acids is 2. The van der Waals surface area contributed by atoms with Crippen molar-refractivity contribution < 1.29 is 19.1 Å². The average molecular weight is 466 g/mol. The van der Waals surface area contributed by atoms with Gasteiger partial charge < -0.3 is 19.6 Å². The van der Waals surface area contributed by atoms with Gasteiger partial charge in [0.1, 0.15) is 19.5 Å². The van der Waals surface area contributed by atoms with Crippen molar-refractivity contribution >= 4 is 17.9 Å². The molecule has 34 heavy (non-hydrogen) atoms. The van der Waals surface area contributed by atoms with Gasteiger partial charge in [-0.15, -0.1) is 0 Å². The van der Waals surface area contributed by atoms with Crippen molar-refractivity contribution in [2.45, 2.75) is 84.0 Å². The van der Waals surface area contributed by atoms with Gasteiger partial charge in [-0.1, -0.05) is 71.2 Å². The number of ether oxygens (including phenoxy) is 2. The van der Waals surface area contributed by atoms with Crippen LogP contribution in [-0.2, 0) is 21.4 Å². The Morgan fingerprint density at radius 3 is 2.65 bits per heavy atom. The normalized spacial score (nSPS) is 13.9. The van der Waals surface area contributed by atoms with E-state index in [0.717, 1.165) is 65.8 Å². The first-order valence-electron chi connectivity index (χ1n) is 12.6. The lowest BCUT2D eigenvalue weighted by Gasteiger charge is -2.26. The lowest BCUT2D eigenvalue weighted by atomic mass is 9.84. The Labute approximate surface area is 204 Å². The average Bonchev–Trinajstić information content (AvgIpc) is 2.81. The van der Waals surface area contributed by atoms with Crippen LogP contribution in [0.3, 0.4) is 0 Å². The number of unbranched alkanes of at least 4 members (excludes halogenated alkanes) is 2. The maximum atomic E-state index is 13.4. The molecule has 0 aliphatic carbocycles. The Hall–Kier alpha value is -2.82. The molecule has 0 saturated carbocycles. The number of aldehydes is 1. The molecule has 1 heterocycles. The molecule has 5 heteroatoms. The van der Waals surface area contributed by atoms with Gasteiger partial charge in [-0.25, -0.2) is 0 Å². The molecule has 0 spiro atoms. The summed E-state index contributed by atoms with van der Waals surface area (Å²) in [6, 6.07) is 12.1. The number of fused-ring (bicyclic) bond motifs is 1. The number of rotatable bonds is 11. The molecule has 1 amide bonds. The van der Waals surface area contributed by atoms with E-state index in [2.05, 4.69) is 51.2 Å². The highest BCUT2D eigenvalue weighted by Crippen LogP contribution is 2.41. The second-order valence-electron chi connectivity index (χ2n) is 10.2. The summed E-state index contributed by atoms with van der Waals surface area (Å²) >= 11 is 0. The number of hydrogen-bond acceptors (Lipinski definition) is 4. The summed E-state index contributed by atoms with van der Waals surface area (Å²) in [5.74, 6) is 1.60. The smallest absolute Gasteiger partial charge is 0.224 e. The highest BCUT2D eigenvalue weighted by atomic mass is 16.6. The van der Waals surface area contributed by atoms with Crippen LogP contribution in [0.1, 0.15) is 88.8 Å². The van der Waals surface area contributed by atoms with Gasteiger partial charge in [0.25, 0.3) is 0 Å². The first-order chi connectivity index (χ1) is 16.3. The van der Waals surface area contributed by atoms with Crippen molar-refractivity contribution in [3.63, 3.8) is 0 Å². The number of anilines is 1. The molecule has 2 aromatic carbocycles. The van der Waals surface area contributed by atoms with E-state index >= 15 is 0 Å². The number of aryl methyl sites for hydroxylation is 1. The molecule has 2 aromatic rings. The third-order valence-corrected chi connectivity index (χ3v) is 6.34. The van der Waals surface area contributed by atoms with Crippen LogP contribution in [0.25, 0.3) is 0 Å². The molecule has 184 valence electrons. The fourth-order valence-electron chi connectivity index (χ4n) is 4.58. The second-order valence-corrected chi connectivity index (χ2v) is 10.2.